The Morgan fingerprint density at radius 2 is 2.32 bits per heavy atom. The van der Waals surface area contributed by atoms with Crippen LogP contribution in [0, 0.1) is 5.92 Å². The minimum Gasteiger partial charge on any atom is -0.328 e. The number of Topliss-reactive ketones (excluding diaryl/α,β-unsaturated/α-hetero) is 1. The van der Waals surface area contributed by atoms with Crippen LogP contribution in [0.3, 0.4) is 0 Å². The Labute approximate surface area is 122 Å². The van der Waals surface area contributed by atoms with Crippen molar-refractivity contribution in [1.82, 2.24) is 14.7 Å². The number of nitrogens with zero attached hydrogens (tertiary/aromatic N) is 3. The van der Waals surface area contributed by atoms with Crippen LogP contribution in [0.25, 0.3) is 0 Å². The van der Waals surface area contributed by atoms with Crippen molar-refractivity contribution in [3.8, 4) is 0 Å². The Bertz CT molecular complexity index is 457. The predicted octanol–water partition coefficient (Wildman–Crippen LogP) is 1.52. The van der Waals surface area contributed by atoms with Crippen molar-refractivity contribution in [3.05, 3.63) is 16.4 Å². The van der Waals surface area contributed by atoms with Crippen LogP contribution in [0.15, 0.2) is 10.7 Å². The van der Waals surface area contributed by atoms with Gasteiger partial charge in [-0.25, -0.2) is 0 Å². The molecule has 0 aliphatic heterocycles. The summed E-state index contributed by atoms with van der Waals surface area (Å²) in [5.74, 6) is 0.234. The number of aromatic nitrogens is 2. The molecule has 1 heterocycles. The van der Waals surface area contributed by atoms with Gasteiger partial charge in [0.2, 0.25) is 0 Å². The van der Waals surface area contributed by atoms with E-state index in [1.54, 1.807) is 10.9 Å². The summed E-state index contributed by atoms with van der Waals surface area (Å²) in [4.78, 5) is 14.7. The van der Waals surface area contributed by atoms with E-state index in [4.69, 9.17) is 5.73 Å². The SMILES string of the molecule is CN(C)CCn1ncc(Br)c1C(=O)C1CCC(N)C1. The Hall–Kier alpha value is -0.720. The molecule has 0 saturated heterocycles. The highest BCUT2D eigenvalue weighted by Gasteiger charge is 2.31. The second kappa shape index (κ2) is 6.15. The van der Waals surface area contributed by atoms with E-state index in [1.807, 2.05) is 14.1 Å². The lowest BCUT2D eigenvalue weighted by Crippen LogP contribution is -2.24. The maximum absolute atomic E-state index is 12.6. The first-order valence-corrected chi connectivity index (χ1v) is 7.44. The molecule has 106 valence electrons. The molecular formula is C13H21BrN4O. The third-order valence-corrected chi connectivity index (χ3v) is 4.21. The van der Waals surface area contributed by atoms with Crippen molar-refractivity contribution in [2.24, 2.45) is 11.7 Å². The van der Waals surface area contributed by atoms with Gasteiger partial charge >= 0.3 is 0 Å². The van der Waals surface area contributed by atoms with Gasteiger partial charge in [0.05, 0.1) is 17.2 Å². The molecule has 0 amide bonds. The van der Waals surface area contributed by atoms with Crippen molar-refractivity contribution in [1.29, 1.82) is 0 Å². The molecule has 1 fully saturated rings. The van der Waals surface area contributed by atoms with E-state index in [0.29, 0.717) is 5.69 Å². The molecule has 0 radical (unpaired) electrons. The van der Waals surface area contributed by atoms with E-state index in [0.717, 1.165) is 36.8 Å². The van der Waals surface area contributed by atoms with Gasteiger partial charge in [-0.3, -0.25) is 9.48 Å². The highest BCUT2D eigenvalue weighted by Crippen LogP contribution is 2.30. The zero-order valence-corrected chi connectivity index (χ0v) is 13.1. The van der Waals surface area contributed by atoms with E-state index in [9.17, 15) is 4.79 Å². The fourth-order valence-electron chi connectivity index (χ4n) is 2.52. The monoisotopic (exact) mass is 328 g/mol. The van der Waals surface area contributed by atoms with Crippen molar-refractivity contribution in [2.75, 3.05) is 20.6 Å². The molecule has 0 bridgehead atoms. The predicted molar refractivity (Wildman–Crippen MR) is 78.1 cm³/mol. The van der Waals surface area contributed by atoms with Crippen LogP contribution in [-0.4, -0.2) is 47.1 Å². The lowest BCUT2D eigenvalue weighted by atomic mass is 10.00. The molecule has 2 atom stereocenters. The van der Waals surface area contributed by atoms with Gasteiger partial charge in [-0.2, -0.15) is 5.10 Å². The molecular weight excluding hydrogens is 308 g/mol. The van der Waals surface area contributed by atoms with E-state index in [-0.39, 0.29) is 17.7 Å². The normalized spacial score (nSPS) is 23.2. The van der Waals surface area contributed by atoms with Gasteiger partial charge in [-0.15, -0.1) is 0 Å². The molecule has 6 heteroatoms. The average molecular weight is 329 g/mol. The van der Waals surface area contributed by atoms with Crippen molar-refractivity contribution in [3.63, 3.8) is 0 Å². The van der Waals surface area contributed by atoms with Crippen LogP contribution in [0.1, 0.15) is 29.8 Å². The molecule has 5 nitrogen and oxygen atoms in total. The molecule has 0 aromatic carbocycles. The molecule has 1 saturated carbocycles. The molecule has 1 aliphatic rings. The second-order valence-electron chi connectivity index (χ2n) is 5.50. The first-order chi connectivity index (χ1) is 8.99. The third kappa shape index (κ3) is 3.43. The molecule has 0 spiro atoms. The topological polar surface area (TPSA) is 64.2 Å². The number of carbonyl (C=O) groups excluding carboxylic acids is 1. The molecule has 1 aromatic heterocycles. The number of ketones is 1. The zero-order chi connectivity index (χ0) is 14.0. The average Bonchev–Trinajstić information content (AvgIpc) is 2.92. The van der Waals surface area contributed by atoms with Crippen molar-refractivity contribution < 1.29 is 4.79 Å². The van der Waals surface area contributed by atoms with Crippen molar-refractivity contribution in [2.45, 2.75) is 31.8 Å². The molecule has 1 aromatic rings. The summed E-state index contributed by atoms with van der Waals surface area (Å²) < 4.78 is 2.59. The maximum Gasteiger partial charge on any atom is 0.185 e. The highest BCUT2D eigenvalue weighted by molar-refractivity contribution is 9.10. The number of halogens is 1. The smallest absolute Gasteiger partial charge is 0.185 e. The summed E-state index contributed by atoms with van der Waals surface area (Å²) in [6, 6.07) is 0.172. The minimum absolute atomic E-state index is 0.0566. The lowest BCUT2D eigenvalue weighted by Gasteiger charge is -2.14. The summed E-state index contributed by atoms with van der Waals surface area (Å²) in [5.41, 5.74) is 6.59. The summed E-state index contributed by atoms with van der Waals surface area (Å²) in [7, 11) is 4.02. The van der Waals surface area contributed by atoms with Gasteiger partial charge in [-0.1, -0.05) is 0 Å². The lowest BCUT2D eigenvalue weighted by molar-refractivity contribution is 0.0909. The van der Waals surface area contributed by atoms with Gasteiger partial charge in [0.25, 0.3) is 0 Å². The summed E-state index contributed by atoms with van der Waals surface area (Å²) in [6.45, 7) is 1.58. The first kappa shape index (κ1) is 14.7. The van der Waals surface area contributed by atoms with E-state index in [1.165, 1.54) is 0 Å². The van der Waals surface area contributed by atoms with Gasteiger partial charge in [0.15, 0.2) is 5.78 Å². The summed E-state index contributed by atoms with van der Waals surface area (Å²) in [5, 5.41) is 4.29. The Balaban J connectivity index is 2.14. The Morgan fingerprint density at radius 3 is 2.89 bits per heavy atom. The van der Waals surface area contributed by atoms with Gasteiger partial charge in [-0.05, 0) is 49.3 Å². The number of rotatable bonds is 5. The minimum atomic E-state index is 0.0566. The summed E-state index contributed by atoms with van der Waals surface area (Å²) in [6.07, 6.45) is 4.34. The molecule has 2 N–H and O–H groups in total. The zero-order valence-electron chi connectivity index (χ0n) is 11.5. The van der Waals surface area contributed by atoms with E-state index in [2.05, 4.69) is 25.9 Å². The third-order valence-electron chi connectivity index (χ3n) is 3.63. The molecule has 2 unspecified atom stereocenters. The van der Waals surface area contributed by atoms with Crippen LogP contribution in [-0.2, 0) is 6.54 Å². The van der Waals surface area contributed by atoms with Crippen LogP contribution in [0.2, 0.25) is 0 Å². The van der Waals surface area contributed by atoms with Crippen LogP contribution < -0.4 is 5.73 Å². The van der Waals surface area contributed by atoms with Crippen LogP contribution in [0.4, 0.5) is 0 Å². The fraction of sp³-hybridized carbons (Fsp3) is 0.692. The standard InChI is InChI=1S/C13H21BrN4O/c1-17(2)5-6-18-12(11(14)8-16-18)13(19)9-3-4-10(15)7-9/h8-10H,3-7,15H2,1-2H3. The number of nitrogens with two attached hydrogens (primary N) is 1. The van der Waals surface area contributed by atoms with Crippen LogP contribution >= 0.6 is 15.9 Å². The molecule has 2 rings (SSSR count). The fourth-order valence-corrected chi connectivity index (χ4v) is 3.01. The van der Waals surface area contributed by atoms with Gasteiger partial charge in [0.1, 0.15) is 5.69 Å². The van der Waals surface area contributed by atoms with Gasteiger partial charge < -0.3 is 10.6 Å². The maximum atomic E-state index is 12.6. The van der Waals surface area contributed by atoms with Gasteiger partial charge in [0, 0.05) is 18.5 Å². The summed E-state index contributed by atoms with van der Waals surface area (Å²) >= 11 is 3.44. The number of hydrogen-bond donors (Lipinski definition) is 1. The Kier molecular flexibility index (Phi) is 4.76. The van der Waals surface area contributed by atoms with E-state index >= 15 is 0 Å². The van der Waals surface area contributed by atoms with E-state index < -0.39 is 0 Å². The number of carbonyl (C=O) groups is 1. The highest BCUT2D eigenvalue weighted by atomic mass is 79.9. The second-order valence-corrected chi connectivity index (χ2v) is 6.36. The number of hydrogen-bond acceptors (Lipinski definition) is 4. The molecule has 19 heavy (non-hydrogen) atoms. The molecule has 1 aliphatic carbocycles. The van der Waals surface area contributed by atoms with Crippen LogP contribution in [0.5, 0.6) is 0 Å². The number of likely N-dealkylation sites (N-methyl/N-ethyl adjacent to an activating group) is 1. The first-order valence-electron chi connectivity index (χ1n) is 6.65. The Morgan fingerprint density at radius 1 is 1.58 bits per heavy atom. The van der Waals surface area contributed by atoms with Crippen molar-refractivity contribution >= 4 is 21.7 Å². The quantitative estimate of drug-likeness (QED) is 0.832. The largest absolute Gasteiger partial charge is 0.328 e.